The van der Waals surface area contributed by atoms with E-state index in [-0.39, 0.29) is 37.9 Å². The third-order valence-corrected chi connectivity index (χ3v) is 3.66. The number of carbonyl (C=O) groups excluding carboxylic acids is 1. The van der Waals surface area contributed by atoms with Crippen LogP contribution >= 0.6 is 12.4 Å². The molecule has 0 aliphatic carbocycles. The van der Waals surface area contributed by atoms with E-state index in [2.05, 4.69) is 10.6 Å². The van der Waals surface area contributed by atoms with Gasteiger partial charge in [0.2, 0.25) is 5.91 Å². The Balaban J connectivity index is 0.00000242. The number of rotatable bonds is 3. The van der Waals surface area contributed by atoms with Crippen LogP contribution in [0.25, 0.3) is 0 Å². The Kier molecular flexibility index (Phi) is 6.19. The molecule has 0 bridgehead atoms. The summed E-state index contributed by atoms with van der Waals surface area (Å²) < 4.78 is 51.4. The Hall–Kier alpha value is -1.34. The van der Waals surface area contributed by atoms with Gasteiger partial charge in [0.15, 0.2) is 0 Å². The van der Waals surface area contributed by atoms with Crippen molar-refractivity contribution >= 4 is 18.3 Å². The third-order valence-electron chi connectivity index (χ3n) is 3.66. The Bertz CT molecular complexity index is 536. The topological polar surface area (TPSA) is 41.1 Å². The van der Waals surface area contributed by atoms with E-state index in [4.69, 9.17) is 0 Å². The summed E-state index contributed by atoms with van der Waals surface area (Å²) >= 11 is 0. The van der Waals surface area contributed by atoms with Crippen LogP contribution in [0.3, 0.4) is 0 Å². The fourth-order valence-corrected chi connectivity index (χ4v) is 2.44. The van der Waals surface area contributed by atoms with Crippen molar-refractivity contribution in [3.8, 4) is 0 Å². The zero-order valence-electron chi connectivity index (χ0n) is 11.8. The molecule has 2 atom stereocenters. The Labute approximate surface area is 131 Å². The molecule has 1 heterocycles. The second kappa shape index (κ2) is 7.28. The molecule has 1 amide bonds. The average Bonchev–Trinajstić information content (AvgIpc) is 2.89. The molecule has 0 unspecified atom stereocenters. The van der Waals surface area contributed by atoms with Gasteiger partial charge in [0, 0.05) is 19.6 Å². The maximum atomic E-state index is 13.1. The first-order valence-corrected chi connectivity index (χ1v) is 6.59. The minimum absolute atomic E-state index is 0. The smallest absolute Gasteiger partial charge is 0.352 e. The SMILES string of the molecule is Cc1cc(CNC(=O)[C@@H]2CNC[C@H]2C(F)(F)F)ccc1F.Cl. The number of amides is 1. The standard InChI is InChI=1S/C14H16F4N2O.ClH/c1-8-4-9(2-3-12(8)15)5-20-13(21)10-6-19-7-11(10)14(16,17)18;/h2-4,10-11,19H,5-7H2,1H3,(H,20,21);1H/t10-,11-;/m1./s1. The van der Waals surface area contributed by atoms with Crippen LogP contribution in [-0.2, 0) is 11.3 Å². The lowest BCUT2D eigenvalue weighted by Gasteiger charge is -2.20. The molecule has 8 heteroatoms. The second-order valence-electron chi connectivity index (χ2n) is 5.21. The number of hydrogen-bond donors (Lipinski definition) is 2. The summed E-state index contributed by atoms with van der Waals surface area (Å²) in [6.45, 7) is 1.44. The quantitative estimate of drug-likeness (QED) is 0.830. The molecule has 0 spiro atoms. The van der Waals surface area contributed by atoms with Gasteiger partial charge in [-0.2, -0.15) is 13.2 Å². The van der Waals surface area contributed by atoms with E-state index in [1.54, 1.807) is 13.0 Å². The molecule has 0 aromatic heterocycles. The maximum Gasteiger partial charge on any atom is 0.393 e. The van der Waals surface area contributed by atoms with Gasteiger partial charge in [0.25, 0.3) is 0 Å². The predicted molar refractivity (Wildman–Crippen MR) is 76.1 cm³/mol. The minimum atomic E-state index is -4.39. The third kappa shape index (κ3) is 4.33. The molecule has 1 fully saturated rings. The van der Waals surface area contributed by atoms with Crippen LogP contribution in [-0.4, -0.2) is 25.2 Å². The zero-order chi connectivity index (χ0) is 15.6. The van der Waals surface area contributed by atoms with Crippen molar-refractivity contribution in [2.24, 2.45) is 11.8 Å². The summed E-state index contributed by atoms with van der Waals surface area (Å²) in [5.41, 5.74) is 1.08. The first-order valence-electron chi connectivity index (χ1n) is 6.59. The van der Waals surface area contributed by atoms with Gasteiger partial charge in [0.1, 0.15) is 5.82 Å². The van der Waals surface area contributed by atoms with Crippen LogP contribution in [0.4, 0.5) is 17.6 Å². The summed E-state index contributed by atoms with van der Waals surface area (Å²) in [6.07, 6.45) is -4.39. The summed E-state index contributed by atoms with van der Waals surface area (Å²) in [4.78, 5) is 11.9. The normalized spacial score (nSPS) is 21.3. The highest BCUT2D eigenvalue weighted by Gasteiger charge is 2.49. The molecule has 1 aromatic carbocycles. The Morgan fingerprint density at radius 2 is 2.05 bits per heavy atom. The molecule has 124 valence electrons. The lowest BCUT2D eigenvalue weighted by atomic mass is 9.94. The summed E-state index contributed by atoms with van der Waals surface area (Å²) in [7, 11) is 0. The van der Waals surface area contributed by atoms with Crippen molar-refractivity contribution in [3.05, 3.63) is 35.1 Å². The summed E-state index contributed by atoms with van der Waals surface area (Å²) in [5, 5.41) is 5.08. The predicted octanol–water partition coefficient (Wildman–Crippen LogP) is 2.57. The van der Waals surface area contributed by atoms with Crippen LogP contribution in [0, 0.1) is 24.6 Å². The highest BCUT2D eigenvalue weighted by atomic mass is 35.5. The van der Waals surface area contributed by atoms with Gasteiger partial charge >= 0.3 is 6.18 Å². The van der Waals surface area contributed by atoms with Crippen molar-refractivity contribution in [2.45, 2.75) is 19.6 Å². The molecular weight excluding hydrogens is 324 g/mol. The van der Waals surface area contributed by atoms with Crippen molar-refractivity contribution < 1.29 is 22.4 Å². The summed E-state index contributed by atoms with van der Waals surface area (Å²) in [6, 6.07) is 4.33. The molecule has 22 heavy (non-hydrogen) atoms. The number of aryl methyl sites for hydroxylation is 1. The van der Waals surface area contributed by atoms with Crippen molar-refractivity contribution in [3.63, 3.8) is 0 Å². The molecule has 1 aliphatic rings. The van der Waals surface area contributed by atoms with Crippen LogP contribution in [0.2, 0.25) is 0 Å². The highest BCUT2D eigenvalue weighted by molar-refractivity contribution is 5.85. The van der Waals surface area contributed by atoms with E-state index >= 15 is 0 Å². The highest BCUT2D eigenvalue weighted by Crippen LogP contribution is 2.34. The fourth-order valence-electron chi connectivity index (χ4n) is 2.44. The molecule has 3 nitrogen and oxygen atoms in total. The van der Waals surface area contributed by atoms with E-state index in [1.807, 2.05) is 0 Å². The molecule has 1 aromatic rings. The number of hydrogen-bond acceptors (Lipinski definition) is 2. The molecule has 2 rings (SSSR count). The fraction of sp³-hybridized carbons (Fsp3) is 0.500. The molecule has 2 N–H and O–H groups in total. The monoisotopic (exact) mass is 340 g/mol. The lowest BCUT2D eigenvalue weighted by Crippen LogP contribution is -2.39. The van der Waals surface area contributed by atoms with Crippen LogP contribution in [0.1, 0.15) is 11.1 Å². The van der Waals surface area contributed by atoms with Gasteiger partial charge in [-0.05, 0) is 24.1 Å². The zero-order valence-corrected chi connectivity index (χ0v) is 12.7. The Morgan fingerprint density at radius 1 is 1.36 bits per heavy atom. The van der Waals surface area contributed by atoms with Crippen LogP contribution in [0.15, 0.2) is 18.2 Å². The maximum absolute atomic E-state index is 13.1. The number of benzene rings is 1. The van der Waals surface area contributed by atoms with Crippen molar-refractivity contribution in [2.75, 3.05) is 13.1 Å². The van der Waals surface area contributed by atoms with E-state index in [1.165, 1.54) is 12.1 Å². The molecule has 0 saturated carbocycles. The largest absolute Gasteiger partial charge is 0.393 e. The first-order chi connectivity index (χ1) is 9.79. The summed E-state index contributed by atoms with van der Waals surface area (Å²) in [5.74, 6) is -3.77. The van der Waals surface area contributed by atoms with Gasteiger partial charge in [-0.25, -0.2) is 4.39 Å². The van der Waals surface area contributed by atoms with E-state index in [0.717, 1.165) is 0 Å². The van der Waals surface area contributed by atoms with Crippen LogP contribution < -0.4 is 10.6 Å². The molecular formula is C14H17ClF4N2O. The van der Waals surface area contributed by atoms with Gasteiger partial charge in [-0.3, -0.25) is 4.79 Å². The van der Waals surface area contributed by atoms with E-state index < -0.39 is 23.9 Å². The Morgan fingerprint density at radius 3 is 2.64 bits per heavy atom. The van der Waals surface area contributed by atoms with E-state index in [9.17, 15) is 22.4 Å². The molecule has 1 saturated heterocycles. The minimum Gasteiger partial charge on any atom is -0.352 e. The number of alkyl halides is 3. The van der Waals surface area contributed by atoms with E-state index in [0.29, 0.717) is 11.1 Å². The van der Waals surface area contributed by atoms with Gasteiger partial charge < -0.3 is 10.6 Å². The number of halogens is 5. The number of nitrogens with one attached hydrogen (secondary N) is 2. The molecule has 0 radical (unpaired) electrons. The van der Waals surface area contributed by atoms with Gasteiger partial charge in [-0.15, -0.1) is 12.4 Å². The number of carbonyl (C=O) groups is 1. The van der Waals surface area contributed by atoms with Crippen molar-refractivity contribution in [1.82, 2.24) is 10.6 Å². The van der Waals surface area contributed by atoms with Gasteiger partial charge in [-0.1, -0.05) is 12.1 Å². The van der Waals surface area contributed by atoms with Crippen molar-refractivity contribution in [1.29, 1.82) is 0 Å². The average molecular weight is 341 g/mol. The molecule has 1 aliphatic heterocycles. The lowest BCUT2D eigenvalue weighted by molar-refractivity contribution is -0.182. The van der Waals surface area contributed by atoms with Crippen LogP contribution in [0.5, 0.6) is 0 Å². The first kappa shape index (κ1) is 18.7. The second-order valence-corrected chi connectivity index (χ2v) is 5.21. The van der Waals surface area contributed by atoms with Gasteiger partial charge in [0.05, 0.1) is 11.8 Å².